The molecule has 0 saturated heterocycles. The molecule has 1 atom stereocenters. The quantitative estimate of drug-likeness (QED) is 0.318. The molecule has 0 radical (unpaired) electrons. The summed E-state index contributed by atoms with van der Waals surface area (Å²) in [6, 6.07) is 21.5. The second-order valence-electron chi connectivity index (χ2n) is 8.05. The van der Waals surface area contributed by atoms with Gasteiger partial charge in [0.25, 0.3) is 5.69 Å². The van der Waals surface area contributed by atoms with Gasteiger partial charge in [-0.3, -0.25) is 15.0 Å². The molecule has 0 fully saturated rings. The van der Waals surface area contributed by atoms with E-state index in [1.165, 1.54) is 11.6 Å². The molecule has 0 saturated carbocycles. The van der Waals surface area contributed by atoms with Crippen LogP contribution in [-0.2, 0) is 5.41 Å². The number of anilines is 2. The van der Waals surface area contributed by atoms with E-state index < -0.39 is 16.1 Å². The Kier molecular flexibility index (Phi) is 4.05. The van der Waals surface area contributed by atoms with E-state index in [1.807, 2.05) is 42.5 Å². The van der Waals surface area contributed by atoms with Crippen molar-refractivity contribution in [3.63, 3.8) is 0 Å². The molecule has 0 aromatic heterocycles. The van der Waals surface area contributed by atoms with Crippen molar-refractivity contribution >= 4 is 39.1 Å². The van der Waals surface area contributed by atoms with E-state index in [2.05, 4.69) is 58.9 Å². The van der Waals surface area contributed by atoms with Gasteiger partial charge in [-0.05, 0) is 65.7 Å². The second kappa shape index (κ2) is 6.44. The highest BCUT2D eigenvalue weighted by molar-refractivity contribution is 9.10. The van der Waals surface area contributed by atoms with Crippen LogP contribution in [0.3, 0.4) is 0 Å². The van der Waals surface area contributed by atoms with Crippen LogP contribution >= 0.6 is 15.9 Å². The first-order valence-electron chi connectivity index (χ1n) is 9.66. The van der Waals surface area contributed by atoms with Gasteiger partial charge in [0.2, 0.25) is 5.72 Å². The van der Waals surface area contributed by atoms with Gasteiger partial charge in [-0.25, -0.2) is 0 Å². The molecule has 5 rings (SSSR count). The zero-order valence-electron chi connectivity index (χ0n) is 16.5. The molecule has 2 heterocycles. The number of nitrogens with zero attached hydrogens (tertiary/aromatic N) is 2. The van der Waals surface area contributed by atoms with Crippen molar-refractivity contribution < 1.29 is 9.66 Å². The van der Waals surface area contributed by atoms with Crippen LogP contribution in [-0.4, -0.2) is 10.6 Å². The van der Waals surface area contributed by atoms with Crippen LogP contribution in [0.25, 0.3) is 6.08 Å². The van der Waals surface area contributed by atoms with E-state index in [4.69, 9.17) is 4.74 Å². The average molecular weight is 463 g/mol. The maximum absolute atomic E-state index is 11.3. The van der Waals surface area contributed by atoms with Crippen molar-refractivity contribution in [3.8, 4) is 5.75 Å². The molecule has 5 nitrogen and oxygen atoms in total. The minimum atomic E-state index is -0.830. The molecular weight excluding hydrogens is 444 g/mol. The lowest BCUT2D eigenvalue weighted by atomic mass is 9.76. The highest BCUT2D eigenvalue weighted by Gasteiger charge is 2.59. The molecule has 2 aliphatic rings. The Morgan fingerprint density at radius 2 is 1.73 bits per heavy atom. The first-order valence-corrected chi connectivity index (χ1v) is 10.5. The summed E-state index contributed by atoms with van der Waals surface area (Å²) in [5.41, 5.74) is 2.76. The van der Waals surface area contributed by atoms with E-state index in [1.54, 1.807) is 6.07 Å². The summed E-state index contributed by atoms with van der Waals surface area (Å²) in [4.78, 5) is 13.1. The number of fused-ring (bicyclic) bond motifs is 2. The van der Waals surface area contributed by atoms with Crippen molar-refractivity contribution in [1.29, 1.82) is 0 Å². The number of nitro groups is 1. The number of benzene rings is 3. The molecule has 2 aliphatic heterocycles. The molecule has 0 aliphatic carbocycles. The lowest BCUT2D eigenvalue weighted by Gasteiger charge is -2.47. The van der Waals surface area contributed by atoms with Crippen molar-refractivity contribution in [2.24, 2.45) is 0 Å². The summed E-state index contributed by atoms with van der Waals surface area (Å²) in [6.45, 7) is 4.34. The van der Waals surface area contributed by atoms with E-state index in [0.29, 0.717) is 15.8 Å². The SMILES string of the molecule is CC1(C)c2ccccc2N(c2ccccc2)[C@@]12C=Cc1cc([N+](=O)[O-])cc(Br)c1O2. The van der Waals surface area contributed by atoms with Crippen molar-refractivity contribution in [2.45, 2.75) is 25.0 Å². The Morgan fingerprint density at radius 1 is 1.03 bits per heavy atom. The fourth-order valence-electron chi connectivity index (χ4n) is 4.54. The molecule has 150 valence electrons. The number of nitro benzene ring substituents is 1. The molecule has 3 aromatic carbocycles. The van der Waals surface area contributed by atoms with Crippen molar-refractivity contribution in [3.05, 3.63) is 98.5 Å². The molecule has 0 N–H and O–H groups in total. The largest absolute Gasteiger partial charge is 0.461 e. The summed E-state index contributed by atoms with van der Waals surface area (Å²) in [5.74, 6) is 0.602. The van der Waals surface area contributed by atoms with Crippen LogP contribution in [0.4, 0.5) is 17.1 Å². The molecular formula is C24H19BrN2O3. The highest BCUT2D eigenvalue weighted by Crippen LogP contribution is 2.58. The summed E-state index contributed by atoms with van der Waals surface area (Å²) >= 11 is 3.50. The zero-order chi connectivity index (χ0) is 21.1. The van der Waals surface area contributed by atoms with Gasteiger partial charge in [0.1, 0.15) is 5.75 Å². The van der Waals surface area contributed by atoms with Crippen LogP contribution in [0.15, 0.2) is 77.3 Å². The molecule has 30 heavy (non-hydrogen) atoms. The highest BCUT2D eigenvalue weighted by atomic mass is 79.9. The number of para-hydroxylation sites is 2. The van der Waals surface area contributed by atoms with Gasteiger partial charge < -0.3 is 4.74 Å². The van der Waals surface area contributed by atoms with Crippen LogP contribution in [0.1, 0.15) is 25.0 Å². The lowest BCUT2D eigenvalue weighted by molar-refractivity contribution is -0.385. The van der Waals surface area contributed by atoms with Crippen molar-refractivity contribution in [1.82, 2.24) is 0 Å². The minimum absolute atomic E-state index is 0.0266. The fraction of sp³-hybridized carbons (Fsp3) is 0.167. The summed E-state index contributed by atoms with van der Waals surface area (Å²) in [7, 11) is 0. The van der Waals surface area contributed by atoms with E-state index >= 15 is 0 Å². The third-order valence-corrected chi connectivity index (χ3v) is 6.66. The van der Waals surface area contributed by atoms with Gasteiger partial charge >= 0.3 is 0 Å². The normalized spacial score (nSPS) is 20.6. The standard InChI is InChI=1S/C24H19BrN2O3/c1-23(2)19-10-6-7-11-21(19)26(17-8-4-3-5-9-17)24(23)13-12-16-14-18(27(28)29)15-20(25)22(16)30-24/h3-15H,1-2H3/t24-/m1/s1. The van der Waals surface area contributed by atoms with E-state index in [9.17, 15) is 10.1 Å². The first kappa shape index (κ1) is 18.9. The second-order valence-corrected chi connectivity index (χ2v) is 8.90. The Bertz CT molecular complexity index is 1210. The molecule has 0 bridgehead atoms. The predicted molar refractivity (Wildman–Crippen MR) is 121 cm³/mol. The summed E-state index contributed by atoms with van der Waals surface area (Å²) < 4.78 is 7.35. The molecule has 6 heteroatoms. The Morgan fingerprint density at radius 3 is 2.47 bits per heavy atom. The smallest absolute Gasteiger partial charge is 0.271 e. The van der Waals surface area contributed by atoms with Crippen LogP contribution in [0.5, 0.6) is 5.75 Å². The summed E-state index contributed by atoms with van der Waals surface area (Å²) in [5, 5.41) is 11.3. The van der Waals surface area contributed by atoms with Crippen LogP contribution in [0, 0.1) is 10.1 Å². The number of halogens is 1. The monoisotopic (exact) mass is 462 g/mol. The van der Waals surface area contributed by atoms with Gasteiger partial charge in [-0.1, -0.05) is 36.4 Å². The number of rotatable bonds is 2. The van der Waals surface area contributed by atoms with Gasteiger partial charge in [0, 0.05) is 29.1 Å². The van der Waals surface area contributed by atoms with Crippen LogP contribution < -0.4 is 9.64 Å². The molecule has 3 aromatic rings. The van der Waals surface area contributed by atoms with Gasteiger partial charge in [-0.15, -0.1) is 0 Å². The Labute approximate surface area is 182 Å². The minimum Gasteiger partial charge on any atom is -0.461 e. The molecule has 0 amide bonds. The third kappa shape index (κ3) is 2.46. The molecule has 1 spiro atoms. The lowest BCUT2D eigenvalue weighted by Crippen LogP contribution is -2.57. The Hall–Kier alpha value is -3.12. The first-order chi connectivity index (χ1) is 14.3. The topological polar surface area (TPSA) is 55.6 Å². The Balaban J connectivity index is 1.75. The number of non-ortho nitro benzene ring substituents is 1. The van der Waals surface area contributed by atoms with E-state index in [0.717, 1.165) is 11.4 Å². The van der Waals surface area contributed by atoms with Crippen LogP contribution in [0.2, 0.25) is 0 Å². The fourth-order valence-corrected chi connectivity index (χ4v) is 5.09. The number of hydrogen-bond acceptors (Lipinski definition) is 4. The number of ether oxygens (including phenoxy) is 1. The van der Waals surface area contributed by atoms with Gasteiger partial charge in [0.15, 0.2) is 0 Å². The molecule has 0 unspecified atom stereocenters. The predicted octanol–water partition coefficient (Wildman–Crippen LogP) is 6.59. The van der Waals surface area contributed by atoms with Gasteiger partial charge in [0.05, 0.1) is 14.8 Å². The number of hydrogen-bond donors (Lipinski definition) is 0. The van der Waals surface area contributed by atoms with Crippen molar-refractivity contribution in [2.75, 3.05) is 4.90 Å². The van der Waals surface area contributed by atoms with Gasteiger partial charge in [-0.2, -0.15) is 0 Å². The third-order valence-electron chi connectivity index (χ3n) is 6.07. The maximum atomic E-state index is 11.3. The average Bonchev–Trinajstić information content (AvgIpc) is 2.93. The maximum Gasteiger partial charge on any atom is 0.271 e. The van der Waals surface area contributed by atoms with E-state index in [-0.39, 0.29) is 5.69 Å². The summed E-state index contributed by atoms with van der Waals surface area (Å²) in [6.07, 6.45) is 3.96. The zero-order valence-corrected chi connectivity index (χ0v) is 18.1.